The van der Waals surface area contributed by atoms with Gasteiger partial charge in [0.05, 0.1) is 37.6 Å². The van der Waals surface area contributed by atoms with Crippen LogP contribution in [0.25, 0.3) is 0 Å². The van der Waals surface area contributed by atoms with E-state index in [1.165, 1.54) is 19.4 Å². The number of hydrogen-bond donors (Lipinski definition) is 1. The van der Waals surface area contributed by atoms with Crippen molar-refractivity contribution in [1.29, 1.82) is 0 Å². The molecule has 7 nitrogen and oxygen atoms in total. The zero-order chi connectivity index (χ0) is 19.7. The number of aryl methyl sites for hydroxylation is 2. The Kier molecular flexibility index (Phi) is 5.26. The van der Waals surface area contributed by atoms with Crippen LogP contribution < -0.4 is 14.4 Å². The fourth-order valence-electron chi connectivity index (χ4n) is 4.37. The van der Waals surface area contributed by atoms with E-state index in [9.17, 15) is 4.79 Å². The van der Waals surface area contributed by atoms with Gasteiger partial charge in [0.15, 0.2) is 11.5 Å². The van der Waals surface area contributed by atoms with Crippen LogP contribution >= 0.6 is 0 Å². The van der Waals surface area contributed by atoms with Gasteiger partial charge in [0.1, 0.15) is 6.04 Å². The number of ether oxygens (including phenoxy) is 2. The van der Waals surface area contributed by atoms with Crippen molar-refractivity contribution in [2.24, 2.45) is 7.05 Å². The lowest BCUT2D eigenvalue weighted by Gasteiger charge is -2.28. The smallest absolute Gasteiger partial charge is 0.254 e. The number of quaternary nitrogens is 1. The van der Waals surface area contributed by atoms with Gasteiger partial charge < -0.3 is 19.3 Å². The molecule has 0 radical (unpaired) electrons. The Labute approximate surface area is 165 Å². The number of aromatic nitrogens is 2. The maximum absolute atomic E-state index is 13.4. The Bertz CT molecular complexity index is 863. The van der Waals surface area contributed by atoms with E-state index in [4.69, 9.17) is 9.47 Å². The fourth-order valence-corrected chi connectivity index (χ4v) is 4.37. The van der Waals surface area contributed by atoms with Crippen LogP contribution in [0.4, 0.5) is 0 Å². The molecule has 2 aliphatic heterocycles. The van der Waals surface area contributed by atoms with Crippen LogP contribution in [0.5, 0.6) is 11.5 Å². The van der Waals surface area contributed by atoms with E-state index in [-0.39, 0.29) is 12.7 Å². The van der Waals surface area contributed by atoms with Crippen molar-refractivity contribution in [1.82, 2.24) is 14.7 Å². The Hall–Kier alpha value is -2.54. The van der Waals surface area contributed by atoms with Gasteiger partial charge in [-0.25, -0.2) is 0 Å². The van der Waals surface area contributed by atoms with E-state index in [2.05, 4.69) is 18.1 Å². The summed E-state index contributed by atoms with van der Waals surface area (Å²) < 4.78 is 12.7. The summed E-state index contributed by atoms with van der Waals surface area (Å²) in [5, 5.41) is 4.44. The lowest BCUT2D eigenvalue weighted by Crippen LogP contribution is -3.14. The molecule has 2 aromatic rings. The minimum atomic E-state index is 0.0273. The molecule has 1 aromatic heterocycles. The van der Waals surface area contributed by atoms with Gasteiger partial charge in [-0.15, -0.1) is 0 Å². The summed E-state index contributed by atoms with van der Waals surface area (Å²) in [5.74, 6) is 1.37. The predicted octanol–water partition coefficient (Wildman–Crippen LogP) is 1.17. The van der Waals surface area contributed by atoms with E-state index < -0.39 is 0 Å². The summed E-state index contributed by atoms with van der Waals surface area (Å²) >= 11 is 0. The third-order valence-electron chi connectivity index (χ3n) is 5.88. The van der Waals surface area contributed by atoms with Gasteiger partial charge in [-0.3, -0.25) is 9.48 Å². The lowest BCUT2D eigenvalue weighted by molar-refractivity contribution is -0.909. The quantitative estimate of drug-likeness (QED) is 0.811. The Balaban J connectivity index is 1.59. The third kappa shape index (κ3) is 3.71. The predicted molar refractivity (Wildman–Crippen MR) is 105 cm³/mol. The number of likely N-dealkylation sites (tertiary alicyclic amines) is 1. The van der Waals surface area contributed by atoms with Crippen molar-refractivity contribution < 1.29 is 19.2 Å². The van der Waals surface area contributed by atoms with Gasteiger partial charge in [-0.1, -0.05) is 0 Å². The topological polar surface area (TPSA) is 61.0 Å². The molecule has 1 unspecified atom stereocenters. The molecule has 1 aromatic carbocycles. The van der Waals surface area contributed by atoms with Gasteiger partial charge in [0.25, 0.3) is 5.91 Å². The first kappa shape index (κ1) is 18.8. The van der Waals surface area contributed by atoms with Crippen molar-refractivity contribution in [3.63, 3.8) is 0 Å². The highest BCUT2D eigenvalue weighted by Gasteiger charge is 2.31. The first-order valence-corrected chi connectivity index (χ1v) is 10.1. The normalized spacial score (nSPS) is 20.5. The van der Waals surface area contributed by atoms with E-state index >= 15 is 0 Å². The van der Waals surface area contributed by atoms with E-state index in [1.807, 2.05) is 35.7 Å². The second-order valence-electron chi connectivity index (χ2n) is 7.76. The molecule has 0 saturated carbocycles. The molecule has 0 bridgehead atoms. The van der Waals surface area contributed by atoms with Crippen molar-refractivity contribution in [2.75, 3.05) is 26.4 Å². The highest BCUT2D eigenvalue weighted by atomic mass is 16.7. The van der Waals surface area contributed by atoms with Crippen LogP contribution in [0.1, 0.15) is 41.5 Å². The molecule has 7 heteroatoms. The van der Waals surface area contributed by atoms with Crippen LogP contribution in [0.2, 0.25) is 0 Å². The summed E-state index contributed by atoms with van der Waals surface area (Å²) in [6.07, 6.45) is 2.39. The summed E-state index contributed by atoms with van der Waals surface area (Å²) in [5.41, 5.74) is 2.65. The average Bonchev–Trinajstić information content (AvgIpc) is 3.40. The molecule has 1 N–H and O–H groups in total. The van der Waals surface area contributed by atoms with Crippen molar-refractivity contribution in [3.8, 4) is 11.5 Å². The summed E-state index contributed by atoms with van der Waals surface area (Å²) in [7, 11) is 1.94. The molecule has 2 atom stereocenters. The van der Waals surface area contributed by atoms with Crippen LogP contribution in [-0.2, 0) is 13.6 Å². The van der Waals surface area contributed by atoms with Gasteiger partial charge in [-0.05, 0) is 38.1 Å². The summed E-state index contributed by atoms with van der Waals surface area (Å²) in [6.45, 7) is 8.01. The second-order valence-corrected chi connectivity index (χ2v) is 7.76. The molecule has 2 aliphatic rings. The van der Waals surface area contributed by atoms with E-state index in [0.717, 1.165) is 24.5 Å². The van der Waals surface area contributed by atoms with Crippen molar-refractivity contribution in [3.05, 3.63) is 41.2 Å². The van der Waals surface area contributed by atoms with E-state index in [1.54, 1.807) is 11.0 Å². The SMILES string of the molecule is CC[NH+]1CCC[C@@H]1CN(Cc1cc(C)nn1C)C(=O)c1ccc2c(c1)OCO2. The van der Waals surface area contributed by atoms with Crippen LogP contribution in [0, 0.1) is 6.92 Å². The van der Waals surface area contributed by atoms with Gasteiger partial charge in [0, 0.05) is 25.5 Å². The first-order valence-electron chi connectivity index (χ1n) is 10.1. The molecule has 1 amide bonds. The molecule has 1 fully saturated rings. The van der Waals surface area contributed by atoms with Crippen LogP contribution in [0.15, 0.2) is 24.3 Å². The Morgan fingerprint density at radius 3 is 2.89 bits per heavy atom. The number of carbonyl (C=O) groups excluding carboxylic acids is 1. The zero-order valence-electron chi connectivity index (χ0n) is 16.9. The average molecular weight is 385 g/mol. The molecule has 0 aliphatic carbocycles. The number of likely N-dealkylation sites (N-methyl/N-ethyl adjacent to an activating group) is 1. The van der Waals surface area contributed by atoms with E-state index in [0.29, 0.717) is 29.6 Å². The zero-order valence-corrected chi connectivity index (χ0v) is 16.9. The molecule has 28 heavy (non-hydrogen) atoms. The van der Waals surface area contributed by atoms with Gasteiger partial charge in [0.2, 0.25) is 6.79 Å². The Morgan fingerprint density at radius 2 is 2.14 bits per heavy atom. The number of nitrogens with zero attached hydrogens (tertiary/aromatic N) is 3. The first-order chi connectivity index (χ1) is 13.5. The van der Waals surface area contributed by atoms with Crippen LogP contribution in [0.3, 0.4) is 0 Å². The van der Waals surface area contributed by atoms with Crippen molar-refractivity contribution in [2.45, 2.75) is 39.3 Å². The summed E-state index contributed by atoms with van der Waals surface area (Å²) in [4.78, 5) is 17.0. The molecule has 3 heterocycles. The summed E-state index contributed by atoms with van der Waals surface area (Å²) in [6, 6.07) is 7.99. The number of fused-ring (bicyclic) bond motifs is 1. The molecule has 4 rings (SSSR count). The number of carbonyl (C=O) groups is 1. The fraction of sp³-hybridized carbons (Fsp3) is 0.524. The largest absolute Gasteiger partial charge is 0.454 e. The van der Waals surface area contributed by atoms with Crippen molar-refractivity contribution >= 4 is 5.91 Å². The number of amides is 1. The maximum Gasteiger partial charge on any atom is 0.254 e. The van der Waals surface area contributed by atoms with Gasteiger partial charge >= 0.3 is 0 Å². The minimum absolute atomic E-state index is 0.0273. The highest BCUT2D eigenvalue weighted by Crippen LogP contribution is 2.33. The Morgan fingerprint density at radius 1 is 1.32 bits per heavy atom. The van der Waals surface area contributed by atoms with Crippen LogP contribution in [-0.4, -0.2) is 53.1 Å². The second kappa shape index (κ2) is 7.83. The standard InChI is InChI=1S/C21H28N4O3/c1-4-24-9-5-6-17(24)12-25(13-18-10-15(2)22-23(18)3)21(26)16-7-8-19-20(11-16)28-14-27-19/h7-8,10-11,17H,4-6,9,12-14H2,1-3H3/p+1/t17-/m1/s1. The molecule has 0 spiro atoms. The minimum Gasteiger partial charge on any atom is -0.454 e. The number of benzene rings is 1. The number of nitrogens with one attached hydrogen (secondary N) is 1. The molecular formula is C21H29N4O3+. The van der Waals surface area contributed by atoms with Gasteiger partial charge in [-0.2, -0.15) is 5.10 Å². The molecule has 1 saturated heterocycles. The number of rotatable bonds is 6. The number of hydrogen-bond acceptors (Lipinski definition) is 4. The molecule has 150 valence electrons. The maximum atomic E-state index is 13.4. The monoisotopic (exact) mass is 385 g/mol. The molecular weight excluding hydrogens is 356 g/mol. The third-order valence-corrected chi connectivity index (χ3v) is 5.88. The lowest BCUT2D eigenvalue weighted by atomic mass is 10.1. The highest BCUT2D eigenvalue weighted by molar-refractivity contribution is 5.95.